The van der Waals surface area contributed by atoms with Gasteiger partial charge in [0.25, 0.3) is 5.91 Å². The predicted molar refractivity (Wildman–Crippen MR) is 113 cm³/mol. The molecular formula is C24H22N4O3. The van der Waals surface area contributed by atoms with Crippen LogP contribution in [0.15, 0.2) is 66.9 Å². The van der Waals surface area contributed by atoms with Crippen molar-refractivity contribution in [2.24, 2.45) is 0 Å². The van der Waals surface area contributed by atoms with Crippen LogP contribution in [0.4, 0.5) is 0 Å². The van der Waals surface area contributed by atoms with Crippen molar-refractivity contribution in [2.45, 2.75) is 30.7 Å². The Hall–Kier alpha value is -3.45. The van der Waals surface area contributed by atoms with Crippen LogP contribution in [0.1, 0.15) is 34.9 Å². The van der Waals surface area contributed by atoms with Crippen LogP contribution in [0.2, 0.25) is 0 Å². The highest BCUT2D eigenvalue weighted by atomic mass is 16.5. The molecule has 3 atom stereocenters. The Balaban J connectivity index is 1.26. The van der Waals surface area contributed by atoms with E-state index in [0.717, 1.165) is 16.8 Å². The summed E-state index contributed by atoms with van der Waals surface area (Å²) in [4.78, 5) is 29.9. The summed E-state index contributed by atoms with van der Waals surface area (Å²) in [5, 5.41) is 6.90. The second-order valence-electron chi connectivity index (χ2n) is 8.38. The number of benzene rings is 2. The van der Waals surface area contributed by atoms with E-state index >= 15 is 0 Å². The van der Waals surface area contributed by atoms with E-state index in [-0.39, 0.29) is 24.0 Å². The molecule has 0 aliphatic carbocycles. The van der Waals surface area contributed by atoms with Gasteiger partial charge in [-0.3, -0.25) is 14.7 Å². The van der Waals surface area contributed by atoms with E-state index in [9.17, 15) is 9.59 Å². The molecule has 3 aromatic rings. The van der Waals surface area contributed by atoms with Crippen LogP contribution in [0, 0.1) is 0 Å². The second kappa shape index (κ2) is 6.78. The molecule has 4 heterocycles. The molecule has 2 aromatic carbocycles. The highest BCUT2D eigenvalue weighted by molar-refractivity contribution is 5.96. The summed E-state index contributed by atoms with van der Waals surface area (Å²) >= 11 is 0. The summed E-state index contributed by atoms with van der Waals surface area (Å²) in [6.45, 7) is 1.12. The van der Waals surface area contributed by atoms with Gasteiger partial charge in [0, 0.05) is 24.7 Å². The van der Waals surface area contributed by atoms with Gasteiger partial charge in [0.1, 0.15) is 6.10 Å². The first-order chi connectivity index (χ1) is 15.2. The summed E-state index contributed by atoms with van der Waals surface area (Å²) in [6.07, 6.45) is 2.51. The van der Waals surface area contributed by atoms with Crippen molar-refractivity contribution in [2.75, 3.05) is 13.1 Å². The fraction of sp³-hybridized carbons (Fsp3) is 0.292. The highest BCUT2D eigenvalue weighted by Gasteiger charge is 2.65. The number of carbonyl (C=O) groups excluding carboxylic acids is 2. The van der Waals surface area contributed by atoms with Crippen molar-refractivity contribution in [1.82, 2.24) is 20.0 Å². The number of hydrogen-bond donors (Lipinski definition) is 1. The summed E-state index contributed by atoms with van der Waals surface area (Å²) < 4.78 is 6.54. The summed E-state index contributed by atoms with van der Waals surface area (Å²) in [6, 6.07) is 19.1. The molecule has 6 rings (SSSR count). The summed E-state index contributed by atoms with van der Waals surface area (Å²) in [7, 11) is 0. The molecule has 7 nitrogen and oxygen atoms in total. The number of hydrogen-bond acceptors (Lipinski definition) is 4. The molecule has 3 aliphatic rings. The third-order valence-electron chi connectivity index (χ3n) is 6.80. The molecule has 3 aliphatic heterocycles. The number of nitrogens with one attached hydrogen (secondary N) is 1. The molecule has 31 heavy (non-hydrogen) atoms. The zero-order chi connectivity index (χ0) is 21.0. The second-order valence-corrected chi connectivity index (χ2v) is 8.38. The van der Waals surface area contributed by atoms with Gasteiger partial charge in [0.05, 0.1) is 24.7 Å². The first-order valence-corrected chi connectivity index (χ1v) is 10.6. The number of amides is 2. The van der Waals surface area contributed by atoms with E-state index < -0.39 is 5.72 Å². The Morgan fingerprint density at radius 2 is 1.90 bits per heavy atom. The van der Waals surface area contributed by atoms with Gasteiger partial charge in [-0.2, -0.15) is 5.10 Å². The minimum atomic E-state index is -0.705. The van der Waals surface area contributed by atoms with Gasteiger partial charge >= 0.3 is 0 Å². The van der Waals surface area contributed by atoms with Gasteiger partial charge in [0.2, 0.25) is 5.91 Å². The summed E-state index contributed by atoms with van der Waals surface area (Å²) in [5.41, 5.74) is 2.85. The van der Waals surface area contributed by atoms with Gasteiger partial charge in [-0.1, -0.05) is 42.5 Å². The van der Waals surface area contributed by atoms with Crippen molar-refractivity contribution >= 4 is 11.8 Å². The molecule has 0 saturated carbocycles. The Labute approximate surface area is 179 Å². The van der Waals surface area contributed by atoms with E-state index in [1.807, 2.05) is 70.5 Å². The van der Waals surface area contributed by atoms with Crippen molar-refractivity contribution in [1.29, 1.82) is 0 Å². The zero-order valence-electron chi connectivity index (χ0n) is 16.9. The van der Waals surface area contributed by atoms with Gasteiger partial charge in [-0.05, 0) is 29.3 Å². The molecule has 0 radical (unpaired) electrons. The van der Waals surface area contributed by atoms with Crippen LogP contribution in [0.3, 0.4) is 0 Å². The molecule has 156 valence electrons. The van der Waals surface area contributed by atoms with Crippen LogP contribution >= 0.6 is 0 Å². The van der Waals surface area contributed by atoms with Crippen molar-refractivity contribution in [3.05, 3.63) is 78.0 Å². The number of aromatic amines is 1. The first-order valence-electron chi connectivity index (χ1n) is 10.6. The Morgan fingerprint density at radius 3 is 2.65 bits per heavy atom. The average molecular weight is 414 g/mol. The van der Waals surface area contributed by atoms with Gasteiger partial charge in [0.15, 0.2) is 5.72 Å². The topological polar surface area (TPSA) is 78.5 Å². The Kier molecular flexibility index (Phi) is 4.01. The lowest BCUT2D eigenvalue weighted by atomic mass is 10.0. The largest absolute Gasteiger partial charge is 0.343 e. The van der Waals surface area contributed by atoms with Gasteiger partial charge < -0.3 is 14.5 Å². The molecular weight excluding hydrogens is 392 g/mol. The lowest BCUT2D eigenvalue weighted by molar-refractivity contribution is -0.138. The number of aromatic nitrogens is 2. The number of likely N-dealkylation sites (tertiary alicyclic amines) is 1. The van der Waals surface area contributed by atoms with Crippen molar-refractivity contribution in [3.63, 3.8) is 0 Å². The number of ether oxygens (including phenoxy) is 1. The van der Waals surface area contributed by atoms with E-state index in [0.29, 0.717) is 31.5 Å². The molecule has 1 N–H and O–H groups in total. The SMILES string of the molecule is O=C(c1ccc(-c2ccn[nH]2)cc1)N1CC[C@@]23O[C@@H](c4ccccc4)CN2C(=O)C[C@@H]13. The average Bonchev–Trinajstić information content (AvgIpc) is 3.57. The highest BCUT2D eigenvalue weighted by Crippen LogP contribution is 2.50. The van der Waals surface area contributed by atoms with Crippen LogP contribution in [-0.4, -0.2) is 56.7 Å². The molecule has 0 unspecified atom stereocenters. The molecule has 0 bridgehead atoms. The van der Waals surface area contributed by atoms with E-state index in [2.05, 4.69) is 10.2 Å². The predicted octanol–water partition coefficient (Wildman–Crippen LogP) is 2.99. The van der Waals surface area contributed by atoms with Gasteiger partial charge in [-0.15, -0.1) is 0 Å². The monoisotopic (exact) mass is 414 g/mol. The molecule has 2 amide bonds. The fourth-order valence-corrected chi connectivity index (χ4v) is 5.28. The van der Waals surface area contributed by atoms with Crippen LogP contribution < -0.4 is 0 Å². The smallest absolute Gasteiger partial charge is 0.254 e. The minimum absolute atomic E-state index is 0.0561. The quantitative estimate of drug-likeness (QED) is 0.715. The van der Waals surface area contributed by atoms with E-state index in [1.54, 1.807) is 6.20 Å². The van der Waals surface area contributed by atoms with Crippen molar-refractivity contribution < 1.29 is 14.3 Å². The number of carbonyl (C=O) groups is 2. The van der Waals surface area contributed by atoms with Crippen LogP contribution in [0.25, 0.3) is 11.3 Å². The normalized spacial score (nSPS) is 26.9. The molecule has 1 spiro atoms. The molecule has 7 heteroatoms. The molecule has 3 fully saturated rings. The number of nitrogens with zero attached hydrogens (tertiary/aromatic N) is 3. The third kappa shape index (κ3) is 2.73. The standard InChI is InChI=1S/C24H22N4O3/c29-22-14-21-24(28(22)15-20(31-24)17-4-2-1-3-5-17)11-13-27(21)23(30)18-8-6-16(7-9-18)19-10-12-25-26-19/h1-10,12,20-21H,11,13-15H2,(H,25,26)/t20-,21-,24+/m1/s1. The van der Waals surface area contributed by atoms with Crippen LogP contribution in [0.5, 0.6) is 0 Å². The molecule has 3 saturated heterocycles. The number of rotatable bonds is 3. The lowest BCUT2D eigenvalue weighted by Crippen LogP contribution is -2.48. The zero-order valence-corrected chi connectivity index (χ0v) is 16.9. The van der Waals surface area contributed by atoms with Crippen molar-refractivity contribution in [3.8, 4) is 11.3 Å². The van der Waals surface area contributed by atoms with Gasteiger partial charge in [-0.25, -0.2) is 0 Å². The van der Waals surface area contributed by atoms with Crippen LogP contribution in [-0.2, 0) is 9.53 Å². The molecule has 1 aromatic heterocycles. The summed E-state index contributed by atoms with van der Waals surface area (Å²) in [5.74, 6) is 0.00923. The Bertz CT molecular complexity index is 1130. The maximum atomic E-state index is 13.4. The van der Waals surface area contributed by atoms with E-state index in [4.69, 9.17) is 4.74 Å². The minimum Gasteiger partial charge on any atom is -0.343 e. The fourth-order valence-electron chi connectivity index (χ4n) is 5.28. The van der Waals surface area contributed by atoms with E-state index in [1.165, 1.54) is 0 Å². The maximum Gasteiger partial charge on any atom is 0.254 e. The Morgan fingerprint density at radius 1 is 1.10 bits per heavy atom. The third-order valence-corrected chi connectivity index (χ3v) is 6.80. The first kappa shape index (κ1) is 18.3. The number of H-pyrrole nitrogens is 1. The lowest BCUT2D eigenvalue weighted by Gasteiger charge is -2.32. The maximum absolute atomic E-state index is 13.4.